The third-order valence-corrected chi connectivity index (χ3v) is 8.21. The first-order valence-corrected chi connectivity index (χ1v) is 14.8. The highest BCUT2D eigenvalue weighted by molar-refractivity contribution is 7.97. The first kappa shape index (κ1) is 29.7. The fraction of sp³-hybridized carbons (Fsp3) is 0.206. The average molecular weight is 594 g/mol. The van der Waals surface area contributed by atoms with Crippen molar-refractivity contribution in [3.05, 3.63) is 120 Å². The Bertz CT molecular complexity index is 1610. The molecule has 3 N–H and O–H groups in total. The summed E-state index contributed by atoms with van der Waals surface area (Å²) in [6.45, 7) is 7.78. The standard InChI is InChI=1S/C34H31N3O5S/c1-35-25-7-6-8-29(22-25)43-37-34(19-4-5-20-34)23-41-26-15-17-28(18-16-26)42-27-13-11-24(12-14-27)21-32(38)36-31-10-3-2-9-30(31)33(39)40/h2-3,6-18,22,37H,4-5,19-21,23H2,(H,36,38)(H,39,40). The smallest absolute Gasteiger partial charge is 0.337 e. The molecule has 0 heterocycles. The number of para-hydroxylation sites is 1. The van der Waals surface area contributed by atoms with Crippen LogP contribution in [0, 0.1) is 6.57 Å². The highest BCUT2D eigenvalue weighted by atomic mass is 32.2. The van der Waals surface area contributed by atoms with Crippen molar-refractivity contribution in [2.45, 2.75) is 42.5 Å². The second-order valence-electron chi connectivity index (χ2n) is 10.4. The molecule has 0 radical (unpaired) electrons. The van der Waals surface area contributed by atoms with Gasteiger partial charge >= 0.3 is 5.97 Å². The van der Waals surface area contributed by atoms with Crippen LogP contribution in [0.2, 0.25) is 0 Å². The Balaban J connectivity index is 1.11. The number of aromatic carboxylic acids is 1. The molecule has 9 heteroatoms. The number of rotatable bonds is 12. The van der Waals surface area contributed by atoms with Gasteiger partial charge in [0.05, 0.1) is 29.8 Å². The first-order chi connectivity index (χ1) is 20.9. The van der Waals surface area contributed by atoms with E-state index in [1.807, 2.05) is 48.5 Å². The third-order valence-electron chi connectivity index (χ3n) is 7.19. The van der Waals surface area contributed by atoms with Gasteiger partial charge in [0.1, 0.15) is 23.9 Å². The predicted octanol–water partition coefficient (Wildman–Crippen LogP) is 7.90. The third kappa shape index (κ3) is 8.16. The number of hydrogen-bond donors (Lipinski definition) is 3. The SMILES string of the molecule is [C-]#[N+]c1cccc(SNC2(COc3ccc(Oc4ccc(CC(=O)Nc5ccccc5C(=O)O)cc4)cc3)CCCC2)c1. The molecule has 0 saturated heterocycles. The summed E-state index contributed by atoms with van der Waals surface area (Å²) in [6, 6.07) is 28.6. The fourth-order valence-electron chi connectivity index (χ4n) is 4.91. The molecule has 218 valence electrons. The van der Waals surface area contributed by atoms with Crippen LogP contribution < -0.4 is 19.5 Å². The molecule has 8 nitrogen and oxygen atoms in total. The highest BCUT2D eigenvalue weighted by Crippen LogP contribution is 2.35. The quantitative estimate of drug-likeness (QED) is 0.113. The van der Waals surface area contributed by atoms with Crippen molar-refractivity contribution in [2.24, 2.45) is 0 Å². The summed E-state index contributed by atoms with van der Waals surface area (Å²) < 4.78 is 15.8. The molecule has 1 fully saturated rings. The number of nitrogens with zero attached hydrogens (tertiary/aromatic N) is 1. The van der Waals surface area contributed by atoms with Crippen LogP contribution in [-0.4, -0.2) is 29.1 Å². The maximum absolute atomic E-state index is 12.5. The van der Waals surface area contributed by atoms with E-state index in [0.717, 1.165) is 41.9 Å². The molecule has 1 aliphatic carbocycles. The summed E-state index contributed by atoms with van der Waals surface area (Å²) in [6.07, 6.45) is 4.44. The van der Waals surface area contributed by atoms with Crippen molar-refractivity contribution in [3.8, 4) is 17.2 Å². The number of carboxylic acid groups (broad SMARTS) is 1. The number of benzene rings is 4. The lowest BCUT2D eigenvalue weighted by Gasteiger charge is -2.29. The minimum atomic E-state index is -1.10. The molecule has 0 bridgehead atoms. The molecule has 4 aromatic rings. The largest absolute Gasteiger partial charge is 0.492 e. The summed E-state index contributed by atoms with van der Waals surface area (Å²) in [5.74, 6) is 0.642. The predicted molar refractivity (Wildman–Crippen MR) is 167 cm³/mol. The summed E-state index contributed by atoms with van der Waals surface area (Å²) >= 11 is 1.55. The molecule has 0 spiro atoms. The molecule has 0 atom stereocenters. The van der Waals surface area contributed by atoms with E-state index in [1.54, 1.807) is 54.4 Å². The van der Waals surface area contributed by atoms with Gasteiger partial charge < -0.3 is 19.9 Å². The highest BCUT2D eigenvalue weighted by Gasteiger charge is 2.35. The number of hydrogen-bond acceptors (Lipinski definition) is 6. The van der Waals surface area contributed by atoms with Crippen molar-refractivity contribution in [1.82, 2.24) is 4.72 Å². The van der Waals surface area contributed by atoms with Gasteiger partial charge in [-0.05, 0) is 91.0 Å². The van der Waals surface area contributed by atoms with E-state index < -0.39 is 5.97 Å². The van der Waals surface area contributed by atoms with Crippen LogP contribution in [-0.2, 0) is 11.2 Å². The second kappa shape index (κ2) is 13.9. The van der Waals surface area contributed by atoms with Crippen molar-refractivity contribution < 1.29 is 24.2 Å². The molecule has 43 heavy (non-hydrogen) atoms. The summed E-state index contributed by atoms with van der Waals surface area (Å²) in [5.41, 5.74) is 1.58. The summed E-state index contributed by atoms with van der Waals surface area (Å²) in [7, 11) is 0. The maximum Gasteiger partial charge on any atom is 0.337 e. The van der Waals surface area contributed by atoms with Crippen molar-refractivity contribution in [2.75, 3.05) is 11.9 Å². The Morgan fingerprint density at radius 2 is 1.56 bits per heavy atom. The van der Waals surface area contributed by atoms with Gasteiger partial charge in [-0.25, -0.2) is 9.64 Å². The number of ether oxygens (including phenoxy) is 2. The summed E-state index contributed by atoms with van der Waals surface area (Å²) in [4.78, 5) is 28.4. The average Bonchev–Trinajstić information content (AvgIpc) is 3.50. The molecule has 1 saturated carbocycles. The van der Waals surface area contributed by atoms with Crippen molar-refractivity contribution in [3.63, 3.8) is 0 Å². The van der Waals surface area contributed by atoms with E-state index in [-0.39, 0.29) is 29.1 Å². The number of carboxylic acids is 1. The minimum absolute atomic E-state index is 0.0459. The van der Waals surface area contributed by atoms with Crippen LogP contribution in [0.4, 0.5) is 11.4 Å². The molecule has 0 aromatic heterocycles. The van der Waals surface area contributed by atoms with E-state index >= 15 is 0 Å². The number of carbonyl (C=O) groups excluding carboxylic acids is 1. The maximum atomic E-state index is 12.5. The number of nitrogens with one attached hydrogen (secondary N) is 2. The molecule has 0 aliphatic heterocycles. The Morgan fingerprint density at radius 1 is 0.884 bits per heavy atom. The van der Waals surface area contributed by atoms with Crippen LogP contribution in [0.5, 0.6) is 17.2 Å². The van der Waals surface area contributed by atoms with E-state index in [1.165, 1.54) is 6.07 Å². The molecule has 5 rings (SSSR count). The van der Waals surface area contributed by atoms with E-state index in [0.29, 0.717) is 23.8 Å². The molecule has 4 aromatic carbocycles. The number of anilines is 1. The van der Waals surface area contributed by atoms with Gasteiger partial charge in [0.25, 0.3) is 0 Å². The minimum Gasteiger partial charge on any atom is -0.492 e. The van der Waals surface area contributed by atoms with E-state index in [9.17, 15) is 14.7 Å². The van der Waals surface area contributed by atoms with Gasteiger partial charge in [-0.2, -0.15) is 0 Å². The lowest BCUT2D eigenvalue weighted by Crippen LogP contribution is -2.44. The van der Waals surface area contributed by atoms with Crippen LogP contribution >= 0.6 is 11.9 Å². The number of carbonyl (C=O) groups is 2. The van der Waals surface area contributed by atoms with E-state index in [4.69, 9.17) is 16.0 Å². The van der Waals surface area contributed by atoms with Crippen LogP contribution in [0.15, 0.2) is 102 Å². The zero-order valence-electron chi connectivity index (χ0n) is 23.4. The Kier molecular flexibility index (Phi) is 9.62. The molecular formula is C34H31N3O5S. The number of amides is 1. The van der Waals surface area contributed by atoms with Gasteiger partial charge in [0, 0.05) is 4.90 Å². The van der Waals surface area contributed by atoms with E-state index in [2.05, 4.69) is 14.9 Å². The topological polar surface area (TPSA) is 101 Å². The van der Waals surface area contributed by atoms with Crippen molar-refractivity contribution >= 4 is 35.2 Å². The van der Waals surface area contributed by atoms with Gasteiger partial charge in [0.2, 0.25) is 5.91 Å². The lowest BCUT2D eigenvalue weighted by molar-refractivity contribution is -0.115. The fourth-order valence-corrected chi connectivity index (χ4v) is 5.83. The Hall–Kier alpha value is -4.78. The monoisotopic (exact) mass is 593 g/mol. The molecular weight excluding hydrogens is 562 g/mol. The Labute approximate surface area is 255 Å². The molecule has 1 aliphatic rings. The Morgan fingerprint density at radius 3 is 2.26 bits per heavy atom. The zero-order valence-corrected chi connectivity index (χ0v) is 24.2. The van der Waals surface area contributed by atoms with Gasteiger partial charge in [0.15, 0.2) is 5.69 Å². The van der Waals surface area contributed by atoms with Gasteiger partial charge in [-0.1, -0.05) is 49.2 Å². The molecule has 1 amide bonds. The summed E-state index contributed by atoms with van der Waals surface area (Å²) in [5, 5.41) is 12.0. The lowest BCUT2D eigenvalue weighted by atomic mass is 10.0. The van der Waals surface area contributed by atoms with Gasteiger partial charge in [-0.3, -0.25) is 9.52 Å². The van der Waals surface area contributed by atoms with Gasteiger partial charge in [-0.15, -0.1) is 0 Å². The normalized spacial score (nSPS) is 13.6. The molecule has 0 unspecified atom stereocenters. The van der Waals surface area contributed by atoms with Crippen LogP contribution in [0.25, 0.3) is 4.85 Å². The first-order valence-electron chi connectivity index (χ1n) is 13.9. The van der Waals surface area contributed by atoms with Crippen LogP contribution in [0.3, 0.4) is 0 Å². The zero-order chi connectivity index (χ0) is 30.1. The van der Waals surface area contributed by atoms with Crippen molar-refractivity contribution in [1.29, 1.82) is 0 Å². The van der Waals surface area contributed by atoms with Crippen LogP contribution in [0.1, 0.15) is 41.6 Å². The second-order valence-corrected chi connectivity index (χ2v) is 11.3.